The van der Waals surface area contributed by atoms with Gasteiger partial charge in [0.15, 0.2) is 0 Å². The zero-order valence-electron chi connectivity index (χ0n) is 16.6. The normalized spacial score (nSPS) is 10.5. The van der Waals surface area contributed by atoms with E-state index in [0.717, 1.165) is 16.7 Å². The number of benzene rings is 3. The molecule has 4 rings (SSSR count). The molecule has 31 heavy (non-hydrogen) atoms. The summed E-state index contributed by atoms with van der Waals surface area (Å²) in [7, 11) is 0. The molecule has 0 aliphatic rings. The molecule has 0 aliphatic carbocycles. The number of nitro groups is 1. The fourth-order valence-electron chi connectivity index (χ4n) is 3.49. The molecule has 0 bridgehead atoms. The minimum atomic E-state index is -0.532. The van der Waals surface area contributed by atoms with E-state index in [9.17, 15) is 14.9 Å². The minimum absolute atomic E-state index is 0.0431. The first kappa shape index (κ1) is 20.0. The number of nitrogens with zero attached hydrogens (tertiary/aromatic N) is 3. The van der Waals surface area contributed by atoms with Crippen LogP contribution in [-0.4, -0.2) is 15.8 Å². The highest BCUT2D eigenvalue weighted by Crippen LogP contribution is 2.29. The van der Waals surface area contributed by atoms with Crippen molar-refractivity contribution in [2.75, 3.05) is 4.90 Å². The number of pyridine rings is 1. The van der Waals surface area contributed by atoms with Gasteiger partial charge in [0, 0.05) is 24.1 Å². The Labute approximate surface area is 179 Å². The molecule has 0 aliphatic heterocycles. The van der Waals surface area contributed by atoms with Crippen LogP contribution in [0.2, 0.25) is 0 Å². The Balaban J connectivity index is 1.79. The Morgan fingerprint density at radius 2 is 1.48 bits per heavy atom. The third kappa shape index (κ3) is 4.33. The van der Waals surface area contributed by atoms with E-state index in [2.05, 4.69) is 4.98 Å². The summed E-state index contributed by atoms with van der Waals surface area (Å²) < 4.78 is 0. The molecule has 1 amide bonds. The highest BCUT2D eigenvalue weighted by Gasteiger charge is 2.26. The molecule has 0 unspecified atom stereocenters. The third-order valence-electron chi connectivity index (χ3n) is 4.98. The molecule has 6 heteroatoms. The number of nitro benzene ring substituents is 1. The smallest absolute Gasteiger partial charge is 0.282 e. The van der Waals surface area contributed by atoms with Crippen molar-refractivity contribution < 1.29 is 9.72 Å². The van der Waals surface area contributed by atoms with Gasteiger partial charge in [0.25, 0.3) is 11.6 Å². The summed E-state index contributed by atoms with van der Waals surface area (Å²) in [6, 6.07) is 27.2. The molecular weight excluding hydrogens is 390 g/mol. The molecule has 152 valence electrons. The average molecular weight is 409 g/mol. The SMILES string of the molecule is O=C(c1ccccc1[N+](=O)[O-])N(Cc1ccccc1-c1ccccc1)c1ccncc1. The molecule has 0 radical (unpaired) electrons. The Morgan fingerprint density at radius 3 is 2.23 bits per heavy atom. The van der Waals surface area contributed by atoms with E-state index < -0.39 is 10.8 Å². The topological polar surface area (TPSA) is 76.3 Å². The Kier molecular flexibility index (Phi) is 5.80. The van der Waals surface area contributed by atoms with Crippen molar-refractivity contribution in [3.63, 3.8) is 0 Å². The van der Waals surface area contributed by atoms with Gasteiger partial charge in [-0.25, -0.2) is 0 Å². The van der Waals surface area contributed by atoms with Crippen LogP contribution in [0.1, 0.15) is 15.9 Å². The van der Waals surface area contributed by atoms with Crippen molar-refractivity contribution in [3.05, 3.63) is 125 Å². The van der Waals surface area contributed by atoms with Gasteiger partial charge in [-0.2, -0.15) is 0 Å². The second-order valence-corrected chi connectivity index (χ2v) is 6.89. The van der Waals surface area contributed by atoms with E-state index in [1.165, 1.54) is 12.1 Å². The molecule has 6 nitrogen and oxygen atoms in total. The van der Waals surface area contributed by atoms with Crippen molar-refractivity contribution in [1.82, 2.24) is 4.98 Å². The number of para-hydroxylation sites is 1. The number of hydrogen-bond donors (Lipinski definition) is 0. The number of hydrogen-bond acceptors (Lipinski definition) is 4. The van der Waals surface area contributed by atoms with E-state index in [4.69, 9.17) is 0 Å². The van der Waals surface area contributed by atoms with Gasteiger partial charge in [-0.3, -0.25) is 19.9 Å². The van der Waals surface area contributed by atoms with Gasteiger partial charge in [0.05, 0.1) is 11.5 Å². The molecular formula is C25H19N3O3. The largest absolute Gasteiger partial charge is 0.304 e. The Bertz CT molecular complexity index is 1210. The maximum Gasteiger partial charge on any atom is 0.282 e. The predicted molar refractivity (Wildman–Crippen MR) is 120 cm³/mol. The van der Waals surface area contributed by atoms with Gasteiger partial charge in [0.1, 0.15) is 5.56 Å². The van der Waals surface area contributed by atoms with Crippen LogP contribution < -0.4 is 4.90 Å². The molecule has 0 saturated carbocycles. The van der Waals surface area contributed by atoms with Crippen molar-refractivity contribution >= 4 is 17.3 Å². The zero-order chi connectivity index (χ0) is 21.6. The molecule has 0 fully saturated rings. The number of amides is 1. The first-order chi connectivity index (χ1) is 15.1. The van der Waals surface area contributed by atoms with Crippen molar-refractivity contribution in [1.29, 1.82) is 0 Å². The summed E-state index contributed by atoms with van der Waals surface area (Å²) in [6.45, 7) is 0.250. The monoisotopic (exact) mass is 409 g/mol. The second-order valence-electron chi connectivity index (χ2n) is 6.89. The summed E-state index contributed by atoms with van der Waals surface area (Å²) in [4.78, 5) is 30.1. The number of carbonyl (C=O) groups is 1. The molecule has 0 N–H and O–H groups in total. The average Bonchev–Trinajstić information content (AvgIpc) is 2.83. The van der Waals surface area contributed by atoms with Crippen molar-refractivity contribution in [2.24, 2.45) is 0 Å². The van der Waals surface area contributed by atoms with Crippen LogP contribution in [0.15, 0.2) is 103 Å². The van der Waals surface area contributed by atoms with Crippen LogP contribution in [0.25, 0.3) is 11.1 Å². The highest BCUT2D eigenvalue weighted by atomic mass is 16.6. The molecule has 1 aromatic heterocycles. The fourth-order valence-corrected chi connectivity index (χ4v) is 3.49. The minimum Gasteiger partial charge on any atom is -0.304 e. The van der Waals surface area contributed by atoms with Crippen LogP contribution in [0, 0.1) is 10.1 Å². The van der Waals surface area contributed by atoms with Crippen LogP contribution in [0.3, 0.4) is 0 Å². The number of aromatic nitrogens is 1. The van der Waals surface area contributed by atoms with E-state index in [0.29, 0.717) is 5.69 Å². The summed E-state index contributed by atoms with van der Waals surface area (Å²) in [5.74, 6) is -0.443. The van der Waals surface area contributed by atoms with Gasteiger partial charge in [-0.05, 0) is 34.9 Å². The molecule has 1 heterocycles. The Hall–Kier alpha value is -4.32. The van der Waals surface area contributed by atoms with E-state index in [1.54, 1.807) is 41.6 Å². The Morgan fingerprint density at radius 1 is 0.839 bits per heavy atom. The van der Waals surface area contributed by atoms with Crippen molar-refractivity contribution in [2.45, 2.75) is 6.54 Å². The molecule has 0 spiro atoms. The van der Waals surface area contributed by atoms with Gasteiger partial charge >= 0.3 is 0 Å². The lowest BCUT2D eigenvalue weighted by atomic mass is 9.99. The summed E-state index contributed by atoms with van der Waals surface area (Å²) >= 11 is 0. The van der Waals surface area contributed by atoms with Crippen LogP contribution in [-0.2, 0) is 6.54 Å². The quantitative estimate of drug-likeness (QED) is 0.311. The van der Waals surface area contributed by atoms with Gasteiger partial charge in [0.2, 0.25) is 0 Å². The molecule has 0 atom stereocenters. The van der Waals surface area contributed by atoms with Gasteiger partial charge < -0.3 is 4.90 Å². The number of rotatable bonds is 6. The van der Waals surface area contributed by atoms with Gasteiger partial charge in [-0.15, -0.1) is 0 Å². The first-order valence-corrected chi connectivity index (χ1v) is 9.74. The first-order valence-electron chi connectivity index (χ1n) is 9.74. The number of anilines is 1. The summed E-state index contributed by atoms with van der Waals surface area (Å²) in [5, 5.41) is 11.5. The van der Waals surface area contributed by atoms with Crippen LogP contribution in [0.5, 0.6) is 0 Å². The molecule has 3 aromatic carbocycles. The van der Waals surface area contributed by atoms with Crippen molar-refractivity contribution in [3.8, 4) is 11.1 Å². The second kappa shape index (κ2) is 9.00. The summed E-state index contributed by atoms with van der Waals surface area (Å²) in [5.41, 5.74) is 3.39. The van der Waals surface area contributed by atoms with Gasteiger partial charge in [-0.1, -0.05) is 66.7 Å². The lowest BCUT2D eigenvalue weighted by Crippen LogP contribution is -2.31. The number of carbonyl (C=O) groups excluding carboxylic acids is 1. The van der Waals surface area contributed by atoms with Crippen LogP contribution in [0.4, 0.5) is 11.4 Å². The molecule has 4 aromatic rings. The lowest BCUT2D eigenvalue weighted by Gasteiger charge is -2.24. The maximum absolute atomic E-state index is 13.5. The van der Waals surface area contributed by atoms with Crippen LogP contribution >= 0.6 is 0 Å². The van der Waals surface area contributed by atoms with E-state index in [-0.39, 0.29) is 17.8 Å². The highest BCUT2D eigenvalue weighted by molar-refractivity contribution is 6.08. The van der Waals surface area contributed by atoms with E-state index in [1.807, 2.05) is 54.6 Å². The third-order valence-corrected chi connectivity index (χ3v) is 4.98. The lowest BCUT2D eigenvalue weighted by molar-refractivity contribution is -0.385. The standard InChI is InChI=1S/C25H19N3O3/c29-25(23-12-6-7-13-24(23)28(30)31)27(21-14-16-26-17-15-21)18-20-10-4-5-11-22(20)19-8-2-1-3-9-19/h1-17H,18H2. The zero-order valence-corrected chi connectivity index (χ0v) is 16.6. The summed E-state index contributed by atoms with van der Waals surface area (Å²) in [6.07, 6.45) is 3.19. The predicted octanol–water partition coefficient (Wildman–Crippen LogP) is 5.50. The van der Waals surface area contributed by atoms with E-state index >= 15 is 0 Å². The molecule has 0 saturated heterocycles. The fraction of sp³-hybridized carbons (Fsp3) is 0.0400. The maximum atomic E-state index is 13.5.